The molecule has 1 heterocycles. The molecule has 0 radical (unpaired) electrons. The second kappa shape index (κ2) is 6.66. The molecule has 2 rings (SSSR count). The fourth-order valence-electron chi connectivity index (χ4n) is 1.83. The third-order valence-electron chi connectivity index (χ3n) is 2.89. The Balaban J connectivity index is 2.37. The second-order valence-electron chi connectivity index (χ2n) is 4.33. The summed E-state index contributed by atoms with van der Waals surface area (Å²) in [6, 6.07) is 8.26. The average molecular weight is 410 g/mol. The Morgan fingerprint density at radius 2 is 2.05 bits per heavy atom. The summed E-state index contributed by atoms with van der Waals surface area (Å²) in [5, 5.41) is 0.176. The maximum absolute atomic E-state index is 12.7. The molecule has 114 valence electrons. The molecule has 0 aliphatic rings. The van der Waals surface area contributed by atoms with E-state index in [0.717, 1.165) is 8.66 Å². The van der Waals surface area contributed by atoms with Crippen molar-refractivity contribution in [1.29, 1.82) is 0 Å². The van der Waals surface area contributed by atoms with Crippen molar-refractivity contribution in [3.05, 3.63) is 44.0 Å². The number of rotatable bonds is 5. The largest absolute Gasteiger partial charge is 0.399 e. The fraction of sp³-hybridized carbons (Fsp3) is 0.231. The van der Waals surface area contributed by atoms with Crippen molar-refractivity contribution in [2.75, 3.05) is 12.3 Å². The minimum Gasteiger partial charge on any atom is -0.399 e. The molecule has 0 fully saturated rings. The summed E-state index contributed by atoms with van der Waals surface area (Å²) in [4.78, 5) is 0.994. The monoisotopic (exact) mass is 408 g/mol. The number of halogens is 2. The highest BCUT2D eigenvalue weighted by molar-refractivity contribution is 9.11. The zero-order valence-electron chi connectivity index (χ0n) is 11.2. The van der Waals surface area contributed by atoms with E-state index in [0.29, 0.717) is 18.8 Å². The lowest BCUT2D eigenvalue weighted by Gasteiger charge is -2.20. The molecule has 2 N–H and O–H groups in total. The Hall–Kier alpha value is -0.600. The van der Waals surface area contributed by atoms with Crippen LogP contribution >= 0.6 is 38.9 Å². The summed E-state index contributed by atoms with van der Waals surface area (Å²) in [5.41, 5.74) is 6.04. The van der Waals surface area contributed by atoms with E-state index in [-0.39, 0.29) is 9.92 Å². The average Bonchev–Trinajstić information content (AvgIpc) is 2.84. The van der Waals surface area contributed by atoms with Crippen molar-refractivity contribution >= 4 is 54.6 Å². The third kappa shape index (κ3) is 3.78. The van der Waals surface area contributed by atoms with Gasteiger partial charge in [0, 0.05) is 23.7 Å². The van der Waals surface area contributed by atoms with Crippen LogP contribution in [0.2, 0.25) is 5.02 Å². The van der Waals surface area contributed by atoms with Crippen LogP contribution in [0.3, 0.4) is 0 Å². The molecule has 8 heteroatoms. The molecule has 0 aliphatic heterocycles. The van der Waals surface area contributed by atoms with Crippen molar-refractivity contribution in [3.8, 4) is 0 Å². The minimum atomic E-state index is -3.68. The van der Waals surface area contributed by atoms with Crippen molar-refractivity contribution in [2.45, 2.75) is 18.4 Å². The second-order valence-corrected chi connectivity index (χ2v) is 9.19. The maximum Gasteiger partial charge on any atom is 0.244 e. The van der Waals surface area contributed by atoms with Crippen molar-refractivity contribution in [1.82, 2.24) is 4.31 Å². The summed E-state index contributed by atoms with van der Waals surface area (Å²) in [5.74, 6) is 0. The maximum atomic E-state index is 12.7. The van der Waals surface area contributed by atoms with Gasteiger partial charge in [0.25, 0.3) is 0 Å². The molecular weight excluding hydrogens is 396 g/mol. The normalized spacial score (nSPS) is 12.0. The van der Waals surface area contributed by atoms with Crippen LogP contribution in [0.15, 0.2) is 39.0 Å². The minimum absolute atomic E-state index is 0.0432. The number of thiophene rings is 1. The number of hydrogen-bond donors (Lipinski definition) is 1. The molecule has 0 saturated heterocycles. The lowest BCUT2D eigenvalue weighted by Crippen LogP contribution is -2.30. The van der Waals surface area contributed by atoms with E-state index in [2.05, 4.69) is 15.9 Å². The SMILES string of the molecule is CCN(Cc1ccc(Br)s1)S(=O)(=O)c1cc(N)ccc1Cl. The molecule has 0 spiro atoms. The molecule has 0 saturated carbocycles. The van der Waals surface area contributed by atoms with Crippen LogP contribution in [0.4, 0.5) is 5.69 Å². The number of nitrogens with zero attached hydrogens (tertiary/aromatic N) is 1. The van der Waals surface area contributed by atoms with E-state index < -0.39 is 10.0 Å². The fourth-order valence-corrected chi connectivity index (χ4v) is 5.35. The van der Waals surface area contributed by atoms with Gasteiger partial charge >= 0.3 is 0 Å². The standard InChI is InChI=1S/C13H14BrClN2O2S2/c1-2-17(8-10-4-6-13(14)20-10)21(18,19)12-7-9(16)3-5-11(12)15/h3-7H,2,8,16H2,1H3. The van der Waals surface area contributed by atoms with Gasteiger partial charge in [-0.1, -0.05) is 18.5 Å². The van der Waals surface area contributed by atoms with Crippen LogP contribution in [0.5, 0.6) is 0 Å². The van der Waals surface area contributed by atoms with Crippen molar-refractivity contribution in [2.24, 2.45) is 0 Å². The van der Waals surface area contributed by atoms with E-state index in [1.165, 1.54) is 27.8 Å². The predicted molar refractivity (Wildman–Crippen MR) is 91.2 cm³/mol. The molecule has 0 aliphatic carbocycles. The Bertz CT molecular complexity index is 746. The molecular formula is C13H14BrClN2O2S2. The highest BCUT2D eigenvalue weighted by Gasteiger charge is 2.26. The Kier molecular flexibility index (Phi) is 5.32. The molecule has 0 unspecified atom stereocenters. The third-order valence-corrected chi connectivity index (χ3v) is 6.90. The van der Waals surface area contributed by atoms with Crippen LogP contribution in [-0.2, 0) is 16.6 Å². The number of anilines is 1. The molecule has 0 atom stereocenters. The zero-order valence-corrected chi connectivity index (χ0v) is 15.2. The van der Waals surface area contributed by atoms with Gasteiger partial charge in [0.05, 0.1) is 8.81 Å². The van der Waals surface area contributed by atoms with Gasteiger partial charge < -0.3 is 5.73 Å². The van der Waals surface area contributed by atoms with Crippen LogP contribution in [0.25, 0.3) is 0 Å². The van der Waals surface area contributed by atoms with Crippen LogP contribution in [-0.4, -0.2) is 19.3 Å². The smallest absolute Gasteiger partial charge is 0.244 e. The molecule has 0 amide bonds. The Labute approximate surface area is 141 Å². The zero-order chi connectivity index (χ0) is 15.6. The quantitative estimate of drug-likeness (QED) is 0.760. The predicted octanol–water partition coefficient (Wildman–Crippen LogP) is 3.96. The summed E-state index contributed by atoms with van der Waals surface area (Å²) < 4.78 is 27.8. The van der Waals surface area contributed by atoms with Gasteiger partial charge in [0.15, 0.2) is 0 Å². The molecule has 4 nitrogen and oxygen atoms in total. The summed E-state index contributed by atoms with van der Waals surface area (Å²) in [6.07, 6.45) is 0. The van der Waals surface area contributed by atoms with Crippen LogP contribution in [0.1, 0.15) is 11.8 Å². The Morgan fingerprint density at radius 1 is 1.33 bits per heavy atom. The van der Waals surface area contributed by atoms with Crippen LogP contribution < -0.4 is 5.73 Å². The van der Waals surface area contributed by atoms with E-state index in [1.807, 2.05) is 12.1 Å². The number of sulfonamides is 1. The van der Waals surface area contributed by atoms with Crippen molar-refractivity contribution < 1.29 is 8.42 Å². The Morgan fingerprint density at radius 3 is 2.62 bits per heavy atom. The first-order valence-electron chi connectivity index (χ1n) is 6.14. The lowest BCUT2D eigenvalue weighted by atomic mass is 10.3. The van der Waals surface area contributed by atoms with E-state index in [4.69, 9.17) is 17.3 Å². The highest BCUT2D eigenvalue weighted by Crippen LogP contribution is 2.29. The van der Waals surface area contributed by atoms with Gasteiger partial charge in [-0.15, -0.1) is 11.3 Å². The summed E-state index contributed by atoms with van der Waals surface area (Å²) in [6.45, 7) is 2.45. The number of nitrogens with two attached hydrogens (primary N) is 1. The first kappa shape index (κ1) is 16.8. The highest BCUT2D eigenvalue weighted by atomic mass is 79.9. The first-order chi connectivity index (χ1) is 9.84. The number of benzene rings is 1. The van der Waals surface area contributed by atoms with Crippen LogP contribution in [0, 0.1) is 0 Å². The topological polar surface area (TPSA) is 63.4 Å². The molecule has 1 aromatic heterocycles. The number of nitrogen functional groups attached to an aromatic ring is 1. The summed E-state index contributed by atoms with van der Waals surface area (Å²) in [7, 11) is -3.68. The molecule has 1 aromatic carbocycles. The van der Waals surface area contributed by atoms with E-state index in [9.17, 15) is 8.42 Å². The first-order valence-corrected chi connectivity index (χ1v) is 9.56. The molecule has 21 heavy (non-hydrogen) atoms. The van der Waals surface area contributed by atoms with Gasteiger partial charge in [-0.25, -0.2) is 8.42 Å². The van der Waals surface area contributed by atoms with Gasteiger partial charge in [0.2, 0.25) is 10.0 Å². The van der Waals surface area contributed by atoms with Gasteiger partial charge in [-0.05, 0) is 46.3 Å². The lowest BCUT2D eigenvalue weighted by molar-refractivity contribution is 0.426. The van der Waals surface area contributed by atoms with E-state index >= 15 is 0 Å². The molecule has 2 aromatic rings. The van der Waals surface area contributed by atoms with Gasteiger partial charge in [-0.3, -0.25) is 0 Å². The van der Waals surface area contributed by atoms with E-state index in [1.54, 1.807) is 13.0 Å². The summed E-state index contributed by atoms with van der Waals surface area (Å²) >= 11 is 10.9. The molecule has 0 bridgehead atoms. The van der Waals surface area contributed by atoms with Crippen molar-refractivity contribution in [3.63, 3.8) is 0 Å². The number of hydrogen-bond acceptors (Lipinski definition) is 4. The van der Waals surface area contributed by atoms with Gasteiger partial charge in [-0.2, -0.15) is 4.31 Å². The van der Waals surface area contributed by atoms with Gasteiger partial charge in [0.1, 0.15) is 4.90 Å².